The standard InChI is InChI=1S/C13H16S2/c1-11(12-6-3-2-4-7-12)10-13-14-8-5-9-15-13/h2-4,6-7,10,13H,5,8-9H2,1H3/b11-10-. The van der Waals surface area contributed by atoms with E-state index in [0.29, 0.717) is 4.58 Å². The molecule has 1 aromatic carbocycles. The molecule has 1 fully saturated rings. The monoisotopic (exact) mass is 236 g/mol. The molecule has 0 amide bonds. The summed E-state index contributed by atoms with van der Waals surface area (Å²) in [5.74, 6) is 2.63. The van der Waals surface area contributed by atoms with Gasteiger partial charge in [-0.15, -0.1) is 23.5 Å². The van der Waals surface area contributed by atoms with Crippen LogP contribution >= 0.6 is 23.5 Å². The molecule has 1 aromatic rings. The summed E-state index contributed by atoms with van der Waals surface area (Å²) in [5, 5.41) is 0. The van der Waals surface area contributed by atoms with Crippen molar-refractivity contribution in [3.63, 3.8) is 0 Å². The van der Waals surface area contributed by atoms with E-state index in [0.717, 1.165) is 0 Å². The maximum Gasteiger partial charge on any atom is 0.0687 e. The van der Waals surface area contributed by atoms with E-state index in [-0.39, 0.29) is 0 Å². The Labute approximate surface area is 101 Å². The summed E-state index contributed by atoms with van der Waals surface area (Å²) in [4.78, 5) is 0. The predicted octanol–water partition coefficient (Wildman–Crippen LogP) is 4.29. The summed E-state index contributed by atoms with van der Waals surface area (Å²) < 4.78 is 0.666. The largest absolute Gasteiger partial charge is 0.143 e. The van der Waals surface area contributed by atoms with Gasteiger partial charge in [0.15, 0.2) is 0 Å². The molecule has 1 aliphatic heterocycles. The van der Waals surface area contributed by atoms with E-state index >= 15 is 0 Å². The first-order chi connectivity index (χ1) is 7.36. The summed E-state index contributed by atoms with van der Waals surface area (Å²) in [6.45, 7) is 2.21. The van der Waals surface area contributed by atoms with Crippen molar-refractivity contribution in [3.8, 4) is 0 Å². The van der Waals surface area contributed by atoms with Gasteiger partial charge in [-0.2, -0.15) is 0 Å². The van der Waals surface area contributed by atoms with Gasteiger partial charge in [0.05, 0.1) is 4.58 Å². The van der Waals surface area contributed by atoms with Gasteiger partial charge in [0.1, 0.15) is 0 Å². The third kappa shape index (κ3) is 3.32. The molecule has 0 aliphatic carbocycles. The molecule has 0 saturated carbocycles. The third-order valence-electron chi connectivity index (χ3n) is 2.47. The maximum atomic E-state index is 2.41. The zero-order chi connectivity index (χ0) is 10.5. The minimum absolute atomic E-state index is 0.666. The van der Waals surface area contributed by atoms with E-state index in [1.807, 2.05) is 0 Å². The van der Waals surface area contributed by atoms with Crippen LogP contribution in [0.25, 0.3) is 5.57 Å². The summed E-state index contributed by atoms with van der Waals surface area (Å²) in [6, 6.07) is 10.6. The molecule has 1 heterocycles. The van der Waals surface area contributed by atoms with Crippen molar-refractivity contribution in [2.24, 2.45) is 0 Å². The lowest BCUT2D eigenvalue weighted by atomic mass is 10.1. The number of rotatable bonds is 2. The molecular weight excluding hydrogens is 220 g/mol. The molecule has 0 spiro atoms. The van der Waals surface area contributed by atoms with Crippen LogP contribution in [0.3, 0.4) is 0 Å². The van der Waals surface area contributed by atoms with E-state index in [2.05, 4.69) is 66.9 Å². The van der Waals surface area contributed by atoms with Crippen molar-refractivity contribution in [1.82, 2.24) is 0 Å². The molecule has 0 bridgehead atoms. The van der Waals surface area contributed by atoms with Crippen molar-refractivity contribution >= 4 is 29.1 Å². The van der Waals surface area contributed by atoms with E-state index in [1.165, 1.54) is 29.1 Å². The Hall–Kier alpha value is -0.340. The van der Waals surface area contributed by atoms with Crippen LogP contribution in [-0.4, -0.2) is 16.1 Å². The van der Waals surface area contributed by atoms with Gasteiger partial charge >= 0.3 is 0 Å². The van der Waals surface area contributed by atoms with Gasteiger partial charge < -0.3 is 0 Å². The summed E-state index contributed by atoms with van der Waals surface area (Å²) >= 11 is 4.15. The number of hydrogen-bond acceptors (Lipinski definition) is 2. The second-order valence-electron chi connectivity index (χ2n) is 3.68. The molecule has 1 saturated heterocycles. The highest BCUT2D eigenvalue weighted by Crippen LogP contribution is 2.33. The van der Waals surface area contributed by atoms with E-state index in [4.69, 9.17) is 0 Å². The topological polar surface area (TPSA) is 0 Å². The van der Waals surface area contributed by atoms with Crippen LogP contribution in [0.4, 0.5) is 0 Å². The van der Waals surface area contributed by atoms with Crippen LogP contribution in [0.15, 0.2) is 36.4 Å². The van der Waals surface area contributed by atoms with Gasteiger partial charge in [0.2, 0.25) is 0 Å². The van der Waals surface area contributed by atoms with Gasteiger partial charge in [-0.05, 0) is 36.0 Å². The Morgan fingerprint density at radius 3 is 2.53 bits per heavy atom. The molecular formula is C13H16S2. The average molecular weight is 236 g/mol. The molecule has 0 aromatic heterocycles. The number of benzene rings is 1. The summed E-state index contributed by atoms with van der Waals surface area (Å²) in [5.41, 5.74) is 2.76. The molecule has 2 heteroatoms. The zero-order valence-corrected chi connectivity index (χ0v) is 10.6. The molecule has 0 atom stereocenters. The highest BCUT2D eigenvalue weighted by atomic mass is 32.2. The van der Waals surface area contributed by atoms with Crippen molar-refractivity contribution in [2.45, 2.75) is 17.9 Å². The van der Waals surface area contributed by atoms with E-state index < -0.39 is 0 Å². The first-order valence-electron chi connectivity index (χ1n) is 5.33. The fourth-order valence-electron chi connectivity index (χ4n) is 1.60. The first kappa shape index (κ1) is 11.2. The minimum Gasteiger partial charge on any atom is -0.143 e. The normalized spacial score (nSPS) is 19.1. The van der Waals surface area contributed by atoms with Gasteiger partial charge in [-0.3, -0.25) is 0 Å². The highest BCUT2D eigenvalue weighted by Gasteiger charge is 2.11. The van der Waals surface area contributed by atoms with E-state index in [1.54, 1.807) is 0 Å². The van der Waals surface area contributed by atoms with Crippen LogP contribution in [0, 0.1) is 0 Å². The average Bonchev–Trinajstić information content (AvgIpc) is 2.31. The lowest BCUT2D eigenvalue weighted by Gasteiger charge is -2.18. The first-order valence-corrected chi connectivity index (χ1v) is 7.43. The van der Waals surface area contributed by atoms with Crippen LogP contribution in [0.1, 0.15) is 18.9 Å². The molecule has 2 rings (SSSR count). The number of hydrogen-bond donors (Lipinski definition) is 0. The lowest BCUT2D eigenvalue weighted by molar-refractivity contribution is 1.11. The molecule has 80 valence electrons. The molecule has 0 N–H and O–H groups in total. The molecule has 0 radical (unpaired) electrons. The second-order valence-corrected chi connectivity index (χ2v) is 6.48. The van der Waals surface area contributed by atoms with Crippen molar-refractivity contribution in [1.29, 1.82) is 0 Å². The lowest BCUT2D eigenvalue weighted by Crippen LogP contribution is -2.03. The summed E-state index contributed by atoms with van der Waals surface area (Å²) in [7, 11) is 0. The van der Waals surface area contributed by atoms with Gasteiger partial charge in [0, 0.05) is 0 Å². The Balaban J connectivity index is 2.06. The molecule has 15 heavy (non-hydrogen) atoms. The van der Waals surface area contributed by atoms with Crippen LogP contribution in [-0.2, 0) is 0 Å². The second kappa shape index (κ2) is 5.66. The minimum atomic E-state index is 0.666. The number of thioether (sulfide) groups is 2. The van der Waals surface area contributed by atoms with Crippen molar-refractivity contribution in [2.75, 3.05) is 11.5 Å². The van der Waals surface area contributed by atoms with Crippen LogP contribution in [0.2, 0.25) is 0 Å². The van der Waals surface area contributed by atoms with Crippen LogP contribution < -0.4 is 0 Å². The van der Waals surface area contributed by atoms with Crippen molar-refractivity contribution < 1.29 is 0 Å². The Morgan fingerprint density at radius 2 is 1.87 bits per heavy atom. The molecule has 0 unspecified atom stereocenters. The smallest absolute Gasteiger partial charge is 0.0687 e. The van der Waals surface area contributed by atoms with Gasteiger partial charge in [-0.25, -0.2) is 0 Å². The third-order valence-corrected chi connectivity index (χ3v) is 5.26. The number of allylic oxidation sites excluding steroid dienone is 1. The van der Waals surface area contributed by atoms with Gasteiger partial charge in [0.25, 0.3) is 0 Å². The van der Waals surface area contributed by atoms with E-state index in [9.17, 15) is 0 Å². The highest BCUT2D eigenvalue weighted by molar-refractivity contribution is 8.17. The fraction of sp³-hybridized carbons (Fsp3) is 0.385. The Morgan fingerprint density at radius 1 is 1.20 bits per heavy atom. The fourth-order valence-corrected chi connectivity index (χ4v) is 4.44. The Kier molecular flexibility index (Phi) is 4.21. The van der Waals surface area contributed by atoms with Gasteiger partial charge in [-0.1, -0.05) is 36.4 Å². The summed E-state index contributed by atoms with van der Waals surface area (Å²) in [6.07, 6.45) is 3.77. The predicted molar refractivity (Wildman–Crippen MR) is 73.4 cm³/mol. The molecule has 1 aliphatic rings. The zero-order valence-electron chi connectivity index (χ0n) is 8.98. The van der Waals surface area contributed by atoms with Crippen molar-refractivity contribution in [3.05, 3.63) is 42.0 Å². The quantitative estimate of drug-likeness (QED) is 0.751. The molecule has 0 nitrogen and oxygen atoms in total. The maximum absolute atomic E-state index is 2.41. The van der Waals surface area contributed by atoms with Crippen LogP contribution in [0.5, 0.6) is 0 Å². The Bertz CT molecular complexity index is 324. The SMILES string of the molecule is C/C(=C/C1SCCCS1)c1ccccc1.